The molecule has 2 aromatic carbocycles. The standard InChI is InChI=1S/C25H29N3O6/c1-30-18-9-15-7-8-28(12-16(15)10-19(18)31-2)25-26-17-11-20(32-3)22(33-4)23(21(17)24(29)27-25)34-13-14-5-6-14/h9-11,14H,5-8,12-13H2,1-4H3,(H,26,27,29). The van der Waals surface area contributed by atoms with E-state index in [0.717, 1.165) is 24.8 Å². The van der Waals surface area contributed by atoms with Crippen molar-refractivity contribution in [3.8, 4) is 28.7 Å². The molecular formula is C25H29N3O6. The fourth-order valence-corrected chi connectivity index (χ4v) is 4.40. The summed E-state index contributed by atoms with van der Waals surface area (Å²) in [6.45, 7) is 1.83. The van der Waals surface area contributed by atoms with Crippen LogP contribution in [0.1, 0.15) is 24.0 Å². The first-order valence-electron chi connectivity index (χ1n) is 11.4. The van der Waals surface area contributed by atoms with Crippen molar-refractivity contribution in [2.45, 2.75) is 25.8 Å². The Bertz CT molecular complexity index is 1280. The Morgan fingerprint density at radius 1 is 0.941 bits per heavy atom. The molecule has 5 rings (SSSR count). The van der Waals surface area contributed by atoms with Crippen molar-refractivity contribution in [2.24, 2.45) is 5.92 Å². The molecule has 180 valence electrons. The summed E-state index contributed by atoms with van der Waals surface area (Å²) in [4.78, 5) is 23.1. The van der Waals surface area contributed by atoms with Gasteiger partial charge in [0.25, 0.3) is 5.56 Å². The molecule has 0 spiro atoms. The molecule has 1 N–H and O–H groups in total. The zero-order valence-corrected chi connectivity index (χ0v) is 19.9. The molecule has 0 bridgehead atoms. The Hall–Kier alpha value is -3.62. The Morgan fingerprint density at radius 2 is 1.65 bits per heavy atom. The molecule has 9 heteroatoms. The monoisotopic (exact) mass is 467 g/mol. The summed E-state index contributed by atoms with van der Waals surface area (Å²) in [7, 11) is 6.36. The van der Waals surface area contributed by atoms with E-state index in [1.807, 2.05) is 12.1 Å². The first-order chi connectivity index (χ1) is 16.6. The highest BCUT2D eigenvalue weighted by Gasteiger charge is 2.27. The van der Waals surface area contributed by atoms with E-state index in [9.17, 15) is 4.79 Å². The summed E-state index contributed by atoms with van der Waals surface area (Å²) in [6.07, 6.45) is 3.06. The molecule has 34 heavy (non-hydrogen) atoms. The van der Waals surface area contributed by atoms with E-state index in [0.29, 0.717) is 71.2 Å². The van der Waals surface area contributed by atoms with Crippen molar-refractivity contribution in [1.82, 2.24) is 9.97 Å². The highest BCUT2D eigenvalue weighted by atomic mass is 16.5. The summed E-state index contributed by atoms with van der Waals surface area (Å²) in [5.74, 6) is 3.67. The van der Waals surface area contributed by atoms with Gasteiger partial charge >= 0.3 is 0 Å². The Kier molecular flexibility index (Phi) is 5.85. The van der Waals surface area contributed by atoms with Gasteiger partial charge < -0.3 is 28.6 Å². The summed E-state index contributed by atoms with van der Waals surface area (Å²) in [5, 5.41) is 0.367. The lowest BCUT2D eigenvalue weighted by Gasteiger charge is -2.30. The number of benzene rings is 2. The van der Waals surface area contributed by atoms with Gasteiger partial charge in [-0.1, -0.05) is 0 Å². The number of anilines is 1. The van der Waals surface area contributed by atoms with E-state index in [2.05, 4.69) is 9.88 Å². The van der Waals surface area contributed by atoms with Crippen LogP contribution < -0.4 is 34.1 Å². The van der Waals surface area contributed by atoms with E-state index in [1.165, 1.54) is 12.7 Å². The fraction of sp³-hybridized carbons (Fsp3) is 0.440. The molecule has 2 aliphatic rings. The third-order valence-corrected chi connectivity index (χ3v) is 6.46. The topological polar surface area (TPSA) is 95.1 Å². The normalized spacial score (nSPS) is 15.1. The van der Waals surface area contributed by atoms with Crippen LogP contribution >= 0.6 is 0 Å². The third kappa shape index (κ3) is 3.95. The molecule has 0 atom stereocenters. The maximum atomic E-state index is 13.3. The number of hydrogen-bond donors (Lipinski definition) is 1. The van der Waals surface area contributed by atoms with E-state index in [1.54, 1.807) is 27.4 Å². The van der Waals surface area contributed by atoms with E-state index in [4.69, 9.17) is 28.7 Å². The second-order valence-electron chi connectivity index (χ2n) is 8.63. The highest BCUT2D eigenvalue weighted by Crippen LogP contribution is 2.43. The number of hydrogen-bond acceptors (Lipinski definition) is 8. The van der Waals surface area contributed by atoms with Gasteiger partial charge in [-0.2, -0.15) is 0 Å². The van der Waals surface area contributed by atoms with Gasteiger partial charge in [-0.25, -0.2) is 4.98 Å². The number of H-pyrrole nitrogens is 1. The molecule has 9 nitrogen and oxygen atoms in total. The number of aromatic amines is 1. The van der Waals surface area contributed by atoms with Crippen molar-refractivity contribution >= 4 is 16.9 Å². The molecule has 1 aromatic heterocycles. The maximum Gasteiger partial charge on any atom is 0.264 e. The lowest BCUT2D eigenvalue weighted by atomic mass is 9.99. The minimum atomic E-state index is -0.273. The lowest BCUT2D eigenvalue weighted by molar-refractivity contribution is 0.275. The largest absolute Gasteiger partial charge is 0.493 e. The predicted molar refractivity (Wildman–Crippen MR) is 128 cm³/mol. The molecule has 2 heterocycles. The third-order valence-electron chi connectivity index (χ3n) is 6.46. The second-order valence-corrected chi connectivity index (χ2v) is 8.63. The molecule has 1 aliphatic carbocycles. The van der Waals surface area contributed by atoms with Gasteiger partial charge in [-0.05, 0) is 48.4 Å². The molecule has 1 fully saturated rings. The number of nitrogens with one attached hydrogen (secondary N) is 1. The maximum absolute atomic E-state index is 13.3. The van der Waals surface area contributed by atoms with Gasteiger partial charge in [0.1, 0.15) is 5.39 Å². The molecule has 0 saturated heterocycles. The molecule has 0 unspecified atom stereocenters. The average Bonchev–Trinajstić information content (AvgIpc) is 3.69. The molecule has 3 aromatic rings. The minimum Gasteiger partial charge on any atom is -0.493 e. The van der Waals surface area contributed by atoms with E-state index in [-0.39, 0.29) is 5.56 Å². The Labute approximate surface area is 197 Å². The van der Waals surface area contributed by atoms with Crippen molar-refractivity contribution in [3.05, 3.63) is 39.7 Å². The van der Waals surface area contributed by atoms with Gasteiger partial charge in [0.2, 0.25) is 11.7 Å². The van der Waals surface area contributed by atoms with Gasteiger partial charge in [-0.15, -0.1) is 0 Å². The number of rotatable bonds is 8. The van der Waals surface area contributed by atoms with Crippen LogP contribution in [-0.4, -0.2) is 51.6 Å². The molecule has 1 aliphatic heterocycles. The van der Waals surface area contributed by atoms with Gasteiger partial charge in [-0.3, -0.25) is 9.78 Å². The molecule has 0 radical (unpaired) electrons. The van der Waals surface area contributed by atoms with Gasteiger partial charge in [0.15, 0.2) is 23.0 Å². The van der Waals surface area contributed by atoms with Crippen LogP contribution in [0.3, 0.4) is 0 Å². The van der Waals surface area contributed by atoms with Crippen molar-refractivity contribution in [3.63, 3.8) is 0 Å². The second kappa shape index (κ2) is 8.96. The molecular weight excluding hydrogens is 438 g/mol. The quantitative estimate of drug-likeness (QED) is 0.539. The van der Waals surface area contributed by atoms with Crippen LogP contribution in [-0.2, 0) is 13.0 Å². The summed E-state index contributed by atoms with van der Waals surface area (Å²) in [5.41, 5.74) is 2.52. The first kappa shape index (κ1) is 22.2. The van der Waals surface area contributed by atoms with Gasteiger partial charge in [0, 0.05) is 19.2 Å². The predicted octanol–water partition coefficient (Wildman–Crippen LogP) is 3.31. The average molecular weight is 468 g/mol. The number of ether oxygens (including phenoxy) is 5. The zero-order chi connectivity index (χ0) is 23.8. The summed E-state index contributed by atoms with van der Waals surface area (Å²) >= 11 is 0. The van der Waals surface area contributed by atoms with Crippen molar-refractivity contribution in [1.29, 1.82) is 0 Å². The van der Waals surface area contributed by atoms with E-state index < -0.39 is 0 Å². The minimum absolute atomic E-state index is 0.273. The number of methoxy groups -OCH3 is 4. The fourth-order valence-electron chi connectivity index (χ4n) is 4.40. The zero-order valence-electron chi connectivity index (χ0n) is 19.9. The van der Waals surface area contributed by atoms with Crippen LogP contribution in [0, 0.1) is 5.92 Å². The van der Waals surface area contributed by atoms with Crippen LogP contribution in [0.25, 0.3) is 10.9 Å². The number of fused-ring (bicyclic) bond motifs is 2. The van der Waals surface area contributed by atoms with Crippen molar-refractivity contribution in [2.75, 3.05) is 46.5 Å². The first-order valence-corrected chi connectivity index (χ1v) is 11.4. The van der Waals surface area contributed by atoms with Crippen LogP contribution in [0.15, 0.2) is 23.0 Å². The van der Waals surface area contributed by atoms with Crippen LogP contribution in [0.5, 0.6) is 28.7 Å². The Morgan fingerprint density at radius 3 is 2.29 bits per heavy atom. The smallest absolute Gasteiger partial charge is 0.264 e. The number of aromatic nitrogens is 2. The number of nitrogens with zero attached hydrogens (tertiary/aromatic N) is 2. The van der Waals surface area contributed by atoms with Gasteiger partial charge in [0.05, 0.1) is 40.6 Å². The van der Waals surface area contributed by atoms with Crippen LogP contribution in [0.2, 0.25) is 0 Å². The lowest BCUT2D eigenvalue weighted by Crippen LogP contribution is -2.33. The molecule has 1 saturated carbocycles. The molecule has 0 amide bonds. The summed E-state index contributed by atoms with van der Waals surface area (Å²) < 4.78 is 28.0. The van der Waals surface area contributed by atoms with E-state index >= 15 is 0 Å². The Balaban J connectivity index is 1.54. The van der Waals surface area contributed by atoms with Crippen LogP contribution in [0.4, 0.5) is 5.95 Å². The highest BCUT2D eigenvalue weighted by molar-refractivity contribution is 5.90. The van der Waals surface area contributed by atoms with Crippen molar-refractivity contribution < 1.29 is 23.7 Å². The summed E-state index contributed by atoms with van der Waals surface area (Å²) in [6, 6.07) is 5.72. The SMILES string of the molecule is COc1cc2c(cc1OC)CN(c1nc3cc(OC)c(OC)c(OCC4CC4)c3c(=O)[nH]1)CC2.